The SMILES string of the molecule is CC(C)(C)c1ccc(OCC(=O)Nc2sc3c(c2C#N)CCCC3)cc1. The second-order valence-corrected chi connectivity index (χ2v) is 8.74. The van der Waals surface area contributed by atoms with Gasteiger partial charge in [0.2, 0.25) is 0 Å². The van der Waals surface area contributed by atoms with Crippen molar-refractivity contribution in [3.8, 4) is 11.8 Å². The van der Waals surface area contributed by atoms with Crippen molar-refractivity contribution in [2.75, 3.05) is 11.9 Å². The standard InChI is InChI=1S/C21H24N2O2S/c1-21(2,3)14-8-10-15(11-9-14)25-13-19(24)23-20-17(12-22)16-6-4-5-7-18(16)26-20/h8-11H,4-7,13H2,1-3H3,(H,23,24). The van der Waals surface area contributed by atoms with Crippen molar-refractivity contribution in [3.05, 3.63) is 45.8 Å². The van der Waals surface area contributed by atoms with Crippen LogP contribution in [0.15, 0.2) is 24.3 Å². The number of carbonyl (C=O) groups excluding carboxylic acids is 1. The van der Waals surface area contributed by atoms with E-state index in [1.54, 1.807) is 0 Å². The van der Waals surface area contributed by atoms with Gasteiger partial charge in [0.25, 0.3) is 5.91 Å². The van der Waals surface area contributed by atoms with Gasteiger partial charge in [-0.05, 0) is 54.4 Å². The van der Waals surface area contributed by atoms with Crippen LogP contribution >= 0.6 is 11.3 Å². The lowest BCUT2D eigenvalue weighted by molar-refractivity contribution is -0.118. The lowest BCUT2D eigenvalue weighted by atomic mass is 9.87. The Balaban J connectivity index is 1.61. The van der Waals surface area contributed by atoms with Crippen molar-refractivity contribution in [1.82, 2.24) is 0 Å². The molecule has 2 aromatic rings. The predicted octanol–water partition coefficient (Wildman–Crippen LogP) is 4.81. The van der Waals surface area contributed by atoms with Crippen LogP contribution in [0.1, 0.15) is 55.2 Å². The maximum atomic E-state index is 12.3. The molecule has 1 aliphatic carbocycles. The Labute approximate surface area is 158 Å². The molecule has 0 radical (unpaired) electrons. The molecule has 1 aromatic heterocycles. The number of benzene rings is 1. The maximum absolute atomic E-state index is 12.3. The zero-order valence-corrected chi connectivity index (χ0v) is 16.3. The normalized spacial score (nSPS) is 13.6. The van der Waals surface area contributed by atoms with Crippen molar-refractivity contribution in [2.24, 2.45) is 0 Å². The lowest BCUT2D eigenvalue weighted by Crippen LogP contribution is -2.20. The highest BCUT2D eigenvalue weighted by atomic mass is 32.1. The summed E-state index contributed by atoms with van der Waals surface area (Å²) in [5, 5.41) is 13.0. The van der Waals surface area contributed by atoms with Gasteiger partial charge in [-0.15, -0.1) is 11.3 Å². The first kappa shape index (κ1) is 18.5. The highest BCUT2D eigenvalue weighted by Crippen LogP contribution is 2.37. The summed E-state index contributed by atoms with van der Waals surface area (Å²) in [6.45, 7) is 6.40. The minimum atomic E-state index is -0.236. The van der Waals surface area contributed by atoms with E-state index >= 15 is 0 Å². The summed E-state index contributed by atoms with van der Waals surface area (Å²) in [5.74, 6) is 0.430. The molecule has 1 heterocycles. The van der Waals surface area contributed by atoms with E-state index in [2.05, 4.69) is 32.2 Å². The number of carbonyl (C=O) groups is 1. The summed E-state index contributed by atoms with van der Waals surface area (Å²) in [6.07, 6.45) is 4.20. The van der Waals surface area contributed by atoms with Crippen LogP contribution in [0.2, 0.25) is 0 Å². The summed E-state index contributed by atoms with van der Waals surface area (Å²) in [5.41, 5.74) is 3.06. The van der Waals surface area contributed by atoms with Crippen LogP contribution in [-0.2, 0) is 23.1 Å². The van der Waals surface area contributed by atoms with Gasteiger partial charge < -0.3 is 10.1 Å². The van der Waals surface area contributed by atoms with Crippen molar-refractivity contribution in [1.29, 1.82) is 5.26 Å². The number of hydrogen-bond acceptors (Lipinski definition) is 4. The van der Waals surface area contributed by atoms with Gasteiger partial charge in [0.15, 0.2) is 6.61 Å². The number of nitriles is 1. The number of nitrogens with one attached hydrogen (secondary N) is 1. The maximum Gasteiger partial charge on any atom is 0.262 e. The molecule has 1 aliphatic rings. The van der Waals surface area contributed by atoms with E-state index in [1.807, 2.05) is 24.3 Å². The van der Waals surface area contributed by atoms with Crippen molar-refractivity contribution < 1.29 is 9.53 Å². The molecule has 0 aliphatic heterocycles. The van der Waals surface area contributed by atoms with E-state index < -0.39 is 0 Å². The van der Waals surface area contributed by atoms with Crippen LogP contribution < -0.4 is 10.1 Å². The highest BCUT2D eigenvalue weighted by molar-refractivity contribution is 7.16. The van der Waals surface area contributed by atoms with Crippen molar-refractivity contribution in [3.63, 3.8) is 0 Å². The molecule has 5 heteroatoms. The zero-order chi connectivity index (χ0) is 18.7. The average Bonchev–Trinajstić information content (AvgIpc) is 2.96. The number of fused-ring (bicyclic) bond motifs is 1. The van der Waals surface area contributed by atoms with Gasteiger partial charge in [-0.3, -0.25) is 4.79 Å². The van der Waals surface area contributed by atoms with Crippen LogP contribution in [0.3, 0.4) is 0 Å². The number of amides is 1. The fraction of sp³-hybridized carbons (Fsp3) is 0.429. The monoisotopic (exact) mass is 368 g/mol. The van der Waals surface area contributed by atoms with E-state index in [9.17, 15) is 10.1 Å². The molecule has 4 nitrogen and oxygen atoms in total. The number of nitrogens with zero attached hydrogens (tertiary/aromatic N) is 1. The van der Waals surface area contributed by atoms with Gasteiger partial charge in [-0.2, -0.15) is 5.26 Å². The van der Waals surface area contributed by atoms with Crippen LogP contribution in [-0.4, -0.2) is 12.5 Å². The number of anilines is 1. The van der Waals surface area contributed by atoms with Gasteiger partial charge in [-0.1, -0.05) is 32.9 Å². The largest absolute Gasteiger partial charge is 0.484 e. The molecule has 26 heavy (non-hydrogen) atoms. The topological polar surface area (TPSA) is 62.1 Å². The summed E-state index contributed by atoms with van der Waals surface area (Å²) < 4.78 is 5.59. The van der Waals surface area contributed by atoms with Crippen LogP contribution in [0.5, 0.6) is 5.75 Å². The average molecular weight is 369 g/mol. The molecular formula is C21H24N2O2S. The Morgan fingerprint density at radius 3 is 2.58 bits per heavy atom. The molecule has 0 spiro atoms. The molecule has 3 rings (SSSR count). The number of rotatable bonds is 4. The molecule has 0 fully saturated rings. The van der Waals surface area contributed by atoms with Crippen LogP contribution in [0.25, 0.3) is 0 Å². The Morgan fingerprint density at radius 2 is 1.92 bits per heavy atom. The molecule has 1 N–H and O–H groups in total. The van der Waals surface area contributed by atoms with E-state index in [1.165, 1.54) is 21.8 Å². The first-order valence-corrected chi connectivity index (χ1v) is 9.78. The molecule has 0 bridgehead atoms. The quantitative estimate of drug-likeness (QED) is 0.842. The van der Waals surface area contributed by atoms with E-state index in [0.29, 0.717) is 16.3 Å². The first-order chi connectivity index (χ1) is 12.4. The molecule has 0 atom stereocenters. The number of aryl methyl sites for hydroxylation is 1. The molecule has 0 unspecified atom stereocenters. The summed E-state index contributed by atoms with van der Waals surface area (Å²) in [4.78, 5) is 13.5. The molecule has 1 aromatic carbocycles. The Morgan fingerprint density at radius 1 is 1.23 bits per heavy atom. The third kappa shape index (κ3) is 4.08. The third-order valence-electron chi connectivity index (χ3n) is 4.63. The molecular weight excluding hydrogens is 344 g/mol. The zero-order valence-electron chi connectivity index (χ0n) is 15.5. The van der Waals surface area contributed by atoms with Crippen LogP contribution in [0.4, 0.5) is 5.00 Å². The summed E-state index contributed by atoms with van der Waals surface area (Å²) >= 11 is 1.53. The summed E-state index contributed by atoms with van der Waals surface area (Å²) in [6, 6.07) is 10.1. The second-order valence-electron chi connectivity index (χ2n) is 7.64. The predicted molar refractivity (Wildman–Crippen MR) is 105 cm³/mol. The van der Waals surface area contributed by atoms with Gasteiger partial charge in [0.05, 0.1) is 5.56 Å². The lowest BCUT2D eigenvalue weighted by Gasteiger charge is -2.19. The smallest absolute Gasteiger partial charge is 0.262 e. The van der Waals surface area contributed by atoms with E-state index in [-0.39, 0.29) is 17.9 Å². The Hall–Kier alpha value is -2.32. The van der Waals surface area contributed by atoms with Gasteiger partial charge in [0.1, 0.15) is 16.8 Å². The second kappa shape index (κ2) is 7.51. The fourth-order valence-corrected chi connectivity index (χ4v) is 4.39. The minimum absolute atomic E-state index is 0.0672. The molecule has 0 saturated carbocycles. The van der Waals surface area contributed by atoms with Crippen molar-refractivity contribution in [2.45, 2.75) is 51.9 Å². The molecule has 1 amide bonds. The highest BCUT2D eigenvalue weighted by Gasteiger charge is 2.22. The third-order valence-corrected chi connectivity index (χ3v) is 5.83. The fourth-order valence-electron chi connectivity index (χ4n) is 3.13. The van der Waals surface area contributed by atoms with E-state index in [4.69, 9.17) is 4.74 Å². The van der Waals surface area contributed by atoms with Gasteiger partial charge in [0, 0.05) is 4.88 Å². The number of thiophene rings is 1. The van der Waals surface area contributed by atoms with Gasteiger partial charge >= 0.3 is 0 Å². The number of ether oxygens (including phenoxy) is 1. The summed E-state index contributed by atoms with van der Waals surface area (Å²) in [7, 11) is 0. The molecule has 0 saturated heterocycles. The van der Waals surface area contributed by atoms with Crippen LogP contribution in [0, 0.1) is 11.3 Å². The first-order valence-electron chi connectivity index (χ1n) is 8.96. The minimum Gasteiger partial charge on any atom is -0.484 e. The van der Waals surface area contributed by atoms with Crippen molar-refractivity contribution >= 4 is 22.2 Å². The Kier molecular flexibility index (Phi) is 5.33. The molecule has 136 valence electrons. The number of hydrogen-bond donors (Lipinski definition) is 1. The van der Waals surface area contributed by atoms with E-state index in [0.717, 1.165) is 31.2 Å². The Bertz CT molecular complexity index is 839. The van der Waals surface area contributed by atoms with Gasteiger partial charge in [-0.25, -0.2) is 0 Å².